The second-order valence-electron chi connectivity index (χ2n) is 2.44. The maximum absolute atomic E-state index is 5.51. The van der Waals surface area contributed by atoms with Gasteiger partial charge in [0.15, 0.2) is 0 Å². The van der Waals surface area contributed by atoms with Crippen LogP contribution in [0.3, 0.4) is 0 Å². The maximum Gasteiger partial charge on any atom is 0 e. The van der Waals surface area contributed by atoms with Gasteiger partial charge in [-0.25, -0.2) is 0 Å². The smallest absolute Gasteiger partial charge is 0 e. The molecule has 0 aromatic heterocycles. The molecule has 0 bridgehead atoms. The normalized spacial score (nSPS) is 8.13. The van der Waals surface area contributed by atoms with Crippen molar-refractivity contribution in [3.05, 3.63) is 70.7 Å². The van der Waals surface area contributed by atoms with Crippen LogP contribution in [0.1, 0.15) is 0 Å². The molecule has 0 N–H and O–H groups in total. The van der Waals surface area contributed by atoms with Crippen LogP contribution in [0.25, 0.3) is 0 Å². The van der Waals surface area contributed by atoms with Crippen molar-refractivity contribution in [3.63, 3.8) is 0 Å². The van der Waals surface area contributed by atoms with Gasteiger partial charge in [0, 0.05) is 32.7 Å². The van der Waals surface area contributed by atoms with E-state index in [1.807, 2.05) is 36.4 Å². The summed E-state index contributed by atoms with van der Waals surface area (Å²) in [5.41, 5.74) is 0. The summed E-state index contributed by atoms with van der Waals surface area (Å²) in [6, 6.07) is 20.1. The van der Waals surface area contributed by atoms with E-state index in [0.29, 0.717) is 0 Å². The third-order valence-corrected chi connectivity index (χ3v) is 1.81. The molecule has 0 aliphatic heterocycles. The Morgan fingerprint density at radius 1 is 0.800 bits per heavy atom. The van der Waals surface area contributed by atoms with E-state index in [0.717, 1.165) is 10.0 Å². The van der Waals surface area contributed by atoms with Gasteiger partial charge in [0.05, 0.1) is 0 Å². The Kier molecular flexibility index (Phi) is 9.43. The van der Waals surface area contributed by atoms with Crippen molar-refractivity contribution in [1.29, 1.82) is 0 Å². The number of hydrogen-bond acceptors (Lipinski definition) is 0. The van der Waals surface area contributed by atoms with Crippen LogP contribution in [0.4, 0.5) is 0 Å². The van der Waals surface area contributed by atoms with Crippen LogP contribution in [0.2, 0.25) is 10.0 Å². The molecule has 0 aliphatic carbocycles. The molecular weight excluding hydrogens is 304 g/mol. The predicted molar refractivity (Wildman–Crippen MR) is 60.6 cm³/mol. The van der Waals surface area contributed by atoms with Gasteiger partial charge < -0.3 is 0 Å². The average molecular weight is 312 g/mol. The molecule has 0 nitrogen and oxygen atoms in total. The van der Waals surface area contributed by atoms with Crippen LogP contribution in [0, 0.1) is 12.1 Å². The first kappa shape index (κ1) is 15.1. The van der Waals surface area contributed by atoms with Crippen LogP contribution >= 0.6 is 23.2 Å². The zero-order chi connectivity index (χ0) is 10.2. The van der Waals surface area contributed by atoms with Crippen molar-refractivity contribution in [3.8, 4) is 0 Å². The van der Waals surface area contributed by atoms with Gasteiger partial charge in [0.25, 0.3) is 0 Å². The average Bonchev–Trinajstić information content (AvgIpc) is 2.21. The zero-order valence-electron chi connectivity index (χ0n) is 7.95. The summed E-state index contributed by atoms with van der Waals surface area (Å²) in [6.07, 6.45) is 0. The molecule has 2 aromatic carbocycles. The first-order chi connectivity index (χ1) is 6.79. The van der Waals surface area contributed by atoms with E-state index in [-0.39, 0.29) is 32.7 Å². The fourth-order valence-electron chi connectivity index (χ4n) is 0.743. The molecule has 0 unspecified atom stereocenters. The Balaban J connectivity index is 0.000000245. The van der Waals surface area contributed by atoms with Crippen molar-refractivity contribution < 1.29 is 32.7 Å². The van der Waals surface area contributed by atoms with Gasteiger partial charge in [-0.3, -0.25) is 0 Å². The minimum absolute atomic E-state index is 0. The Labute approximate surface area is 125 Å². The first-order valence-corrected chi connectivity index (χ1v) is 4.78. The van der Waals surface area contributed by atoms with E-state index >= 15 is 0 Å². The van der Waals surface area contributed by atoms with Gasteiger partial charge in [-0.2, -0.15) is 83.9 Å². The van der Waals surface area contributed by atoms with Gasteiger partial charge in [0.1, 0.15) is 0 Å². The molecule has 0 amide bonds. The predicted octanol–water partition coefficient (Wildman–Crippen LogP) is 4.28. The Bertz CT molecular complexity index is 311. The molecule has 1 radical (unpaired) electrons. The Morgan fingerprint density at radius 2 is 1.20 bits per heavy atom. The summed E-state index contributed by atoms with van der Waals surface area (Å²) in [5, 5.41) is 1.48. The zero-order valence-corrected chi connectivity index (χ0v) is 12.3. The maximum atomic E-state index is 5.51. The fourth-order valence-corrected chi connectivity index (χ4v) is 1.01. The van der Waals surface area contributed by atoms with Gasteiger partial charge in [0.2, 0.25) is 0 Å². The number of rotatable bonds is 0. The molecule has 0 fully saturated rings. The van der Waals surface area contributed by atoms with E-state index < -0.39 is 0 Å². The monoisotopic (exact) mass is 311 g/mol. The van der Waals surface area contributed by atoms with Crippen molar-refractivity contribution in [2.24, 2.45) is 0 Å². The summed E-state index contributed by atoms with van der Waals surface area (Å²) in [4.78, 5) is 0. The first-order valence-electron chi connectivity index (χ1n) is 4.02. The molecule has 2 rings (SSSR count). The van der Waals surface area contributed by atoms with Crippen LogP contribution < -0.4 is 0 Å². The number of hydrogen-bond donors (Lipinski definition) is 0. The summed E-state index contributed by atoms with van der Waals surface area (Å²) in [6.45, 7) is 0. The fraction of sp³-hybridized carbons (Fsp3) is 0. The molecule has 0 spiro atoms. The largest absolute Gasteiger partial charge is 0.182 e. The van der Waals surface area contributed by atoms with Crippen LogP contribution in [-0.2, 0) is 32.7 Å². The third kappa shape index (κ3) is 7.99. The minimum Gasteiger partial charge on any atom is -0.182 e. The second-order valence-corrected chi connectivity index (χ2v) is 3.32. The minimum atomic E-state index is 0. The van der Waals surface area contributed by atoms with Crippen LogP contribution in [-0.4, -0.2) is 0 Å². The SMILES string of the molecule is Clc1c[c-]ccc1.Clc1c[c-]ccc1.[Y]. The van der Waals surface area contributed by atoms with Gasteiger partial charge in [-0.05, 0) is 0 Å². The van der Waals surface area contributed by atoms with Crippen molar-refractivity contribution >= 4 is 23.2 Å². The van der Waals surface area contributed by atoms with Crippen molar-refractivity contribution in [2.75, 3.05) is 0 Å². The summed E-state index contributed by atoms with van der Waals surface area (Å²) in [7, 11) is 0. The molecule has 0 aliphatic rings. The Hall–Kier alpha value is 0.124. The van der Waals surface area contributed by atoms with Crippen LogP contribution in [0.15, 0.2) is 48.5 Å². The third-order valence-electron chi connectivity index (χ3n) is 1.34. The second kappa shape index (κ2) is 9.36. The van der Waals surface area contributed by atoms with E-state index in [1.54, 1.807) is 12.1 Å². The molecule has 0 heterocycles. The van der Waals surface area contributed by atoms with Crippen LogP contribution in [0.5, 0.6) is 0 Å². The van der Waals surface area contributed by atoms with E-state index in [9.17, 15) is 0 Å². The van der Waals surface area contributed by atoms with E-state index in [1.165, 1.54) is 0 Å². The number of benzene rings is 2. The standard InChI is InChI=1S/2C6H4Cl.Y/c2*7-6-4-2-1-3-5-6;/h2*1-2,4-5H;/q2*-1;. The van der Waals surface area contributed by atoms with E-state index in [2.05, 4.69) is 12.1 Å². The van der Waals surface area contributed by atoms with E-state index in [4.69, 9.17) is 23.2 Å². The molecular formula is C12H8Cl2Y-2. The molecule has 2 aromatic rings. The van der Waals surface area contributed by atoms with Gasteiger partial charge >= 0.3 is 0 Å². The molecule has 0 atom stereocenters. The topological polar surface area (TPSA) is 0 Å². The summed E-state index contributed by atoms with van der Waals surface area (Å²) in [5.74, 6) is 0. The number of halogens is 2. The quantitative estimate of drug-likeness (QED) is 0.637. The molecule has 0 saturated heterocycles. The molecule has 75 valence electrons. The molecule has 15 heavy (non-hydrogen) atoms. The van der Waals surface area contributed by atoms with Gasteiger partial charge in [-0.1, -0.05) is 10.0 Å². The summed E-state index contributed by atoms with van der Waals surface area (Å²) < 4.78 is 0. The molecule has 0 saturated carbocycles. The Morgan fingerprint density at radius 3 is 1.33 bits per heavy atom. The molecule has 3 heteroatoms. The van der Waals surface area contributed by atoms with Crippen molar-refractivity contribution in [2.45, 2.75) is 0 Å². The van der Waals surface area contributed by atoms with Crippen molar-refractivity contribution in [1.82, 2.24) is 0 Å². The van der Waals surface area contributed by atoms with Gasteiger partial charge in [-0.15, -0.1) is 0 Å². The summed E-state index contributed by atoms with van der Waals surface area (Å²) >= 11 is 11.0.